The van der Waals surface area contributed by atoms with Gasteiger partial charge in [0.25, 0.3) is 0 Å². The number of para-hydroxylation sites is 1. The van der Waals surface area contributed by atoms with Crippen LogP contribution in [0.15, 0.2) is 18.2 Å². The third-order valence-corrected chi connectivity index (χ3v) is 5.05. The molecule has 1 rings (SSSR count). The predicted molar refractivity (Wildman–Crippen MR) is 83.0 cm³/mol. The molecule has 0 saturated carbocycles. The predicted octanol–water partition coefficient (Wildman–Crippen LogP) is 2.09. The number of benzene rings is 1. The van der Waals surface area contributed by atoms with Crippen LogP contribution in [-0.2, 0) is 16.3 Å². The highest BCUT2D eigenvalue weighted by molar-refractivity contribution is 7.91. The third kappa shape index (κ3) is 5.13. The van der Waals surface area contributed by atoms with Gasteiger partial charge in [0.15, 0.2) is 9.84 Å². The van der Waals surface area contributed by atoms with Crippen LogP contribution in [0.5, 0.6) is 5.75 Å². The minimum atomic E-state index is -2.99. The van der Waals surface area contributed by atoms with E-state index in [-0.39, 0.29) is 24.2 Å². The summed E-state index contributed by atoms with van der Waals surface area (Å²) in [6.07, 6.45) is 1.64. The van der Waals surface area contributed by atoms with Gasteiger partial charge in [0.2, 0.25) is 0 Å². The van der Waals surface area contributed by atoms with Crippen molar-refractivity contribution in [1.29, 1.82) is 0 Å². The Kier molecular flexibility index (Phi) is 6.49. The van der Waals surface area contributed by atoms with Crippen LogP contribution in [0.1, 0.15) is 31.4 Å². The smallest absolute Gasteiger partial charge is 0.153 e. The second kappa shape index (κ2) is 7.64. The molecule has 1 aromatic rings. The Hall–Kier alpha value is -1.07. The standard InChI is InChI=1S/C15H25NO3S/c1-4-14(16)11-13-8-6-7-12(3)15(13)19-9-10-20(17,18)5-2/h6-8,14H,4-5,9-11,16H2,1-3H3. The first-order valence-corrected chi connectivity index (χ1v) is 8.89. The summed E-state index contributed by atoms with van der Waals surface area (Å²) in [5.74, 6) is 0.983. The number of nitrogens with two attached hydrogens (primary N) is 1. The summed E-state index contributed by atoms with van der Waals surface area (Å²) < 4.78 is 28.7. The molecule has 5 heteroatoms. The van der Waals surface area contributed by atoms with Crippen molar-refractivity contribution in [2.75, 3.05) is 18.1 Å². The van der Waals surface area contributed by atoms with E-state index in [0.717, 1.165) is 29.7 Å². The first-order valence-electron chi connectivity index (χ1n) is 7.07. The van der Waals surface area contributed by atoms with E-state index in [1.54, 1.807) is 6.92 Å². The van der Waals surface area contributed by atoms with Gasteiger partial charge in [-0.2, -0.15) is 0 Å². The number of rotatable bonds is 8. The molecule has 0 bridgehead atoms. The van der Waals surface area contributed by atoms with Gasteiger partial charge in [-0.3, -0.25) is 0 Å². The molecular formula is C15H25NO3S. The minimum Gasteiger partial charge on any atom is -0.492 e. The van der Waals surface area contributed by atoms with Crippen molar-refractivity contribution in [1.82, 2.24) is 0 Å². The molecule has 114 valence electrons. The molecule has 0 amide bonds. The molecule has 20 heavy (non-hydrogen) atoms. The zero-order valence-corrected chi connectivity index (χ0v) is 13.4. The van der Waals surface area contributed by atoms with Gasteiger partial charge in [0, 0.05) is 11.8 Å². The molecule has 0 radical (unpaired) electrons. The van der Waals surface area contributed by atoms with E-state index < -0.39 is 9.84 Å². The lowest BCUT2D eigenvalue weighted by Crippen LogP contribution is -2.22. The van der Waals surface area contributed by atoms with Crippen molar-refractivity contribution >= 4 is 9.84 Å². The lowest BCUT2D eigenvalue weighted by molar-refractivity contribution is 0.334. The van der Waals surface area contributed by atoms with Gasteiger partial charge < -0.3 is 10.5 Å². The highest BCUT2D eigenvalue weighted by Crippen LogP contribution is 2.25. The summed E-state index contributed by atoms with van der Waals surface area (Å²) in [5, 5.41) is 0. The lowest BCUT2D eigenvalue weighted by atomic mass is 10.0. The number of ether oxygens (including phenoxy) is 1. The van der Waals surface area contributed by atoms with Gasteiger partial charge in [-0.25, -0.2) is 8.42 Å². The summed E-state index contributed by atoms with van der Waals surface area (Å²) in [4.78, 5) is 0. The molecule has 1 aromatic carbocycles. The van der Waals surface area contributed by atoms with Crippen LogP contribution in [0, 0.1) is 6.92 Å². The number of hydrogen-bond donors (Lipinski definition) is 1. The van der Waals surface area contributed by atoms with Crippen LogP contribution in [0.25, 0.3) is 0 Å². The maximum absolute atomic E-state index is 11.5. The van der Waals surface area contributed by atoms with Crippen LogP contribution in [-0.4, -0.2) is 32.6 Å². The van der Waals surface area contributed by atoms with Gasteiger partial charge in [-0.15, -0.1) is 0 Å². The lowest BCUT2D eigenvalue weighted by Gasteiger charge is -2.16. The van der Waals surface area contributed by atoms with Gasteiger partial charge in [-0.1, -0.05) is 32.0 Å². The molecular weight excluding hydrogens is 274 g/mol. The number of hydrogen-bond acceptors (Lipinski definition) is 4. The van der Waals surface area contributed by atoms with E-state index in [9.17, 15) is 8.42 Å². The average molecular weight is 299 g/mol. The molecule has 0 spiro atoms. The monoisotopic (exact) mass is 299 g/mol. The Bertz CT molecular complexity index is 526. The highest BCUT2D eigenvalue weighted by atomic mass is 32.2. The fourth-order valence-electron chi connectivity index (χ4n) is 1.92. The number of sulfone groups is 1. The quantitative estimate of drug-likeness (QED) is 0.798. The van der Waals surface area contributed by atoms with Gasteiger partial charge in [0.05, 0.1) is 5.75 Å². The molecule has 0 fully saturated rings. The van der Waals surface area contributed by atoms with Crippen LogP contribution in [0.2, 0.25) is 0 Å². The zero-order chi connectivity index (χ0) is 15.2. The van der Waals surface area contributed by atoms with Crippen LogP contribution in [0.4, 0.5) is 0 Å². The summed E-state index contributed by atoms with van der Waals surface area (Å²) in [6.45, 7) is 5.85. The largest absolute Gasteiger partial charge is 0.492 e. The maximum atomic E-state index is 11.5. The van der Waals surface area contributed by atoms with Gasteiger partial charge in [-0.05, 0) is 30.9 Å². The first-order chi connectivity index (χ1) is 9.39. The highest BCUT2D eigenvalue weighted by Gasteiger charge is 2.12. The van der Waals surface area contributed by atoms with Gasteiger partial charge >= 0.3 is 0 Å². The van der Waals surface area contributed by atoms with Crippen LogP contribution in [0.3, 0.4) is 0 Å². The minimum absolute atomic E-state index is 0.0527. The Balaban J connectivity index is 2.78. The molecule has 1 unspecified atom stereocenters. The van der Waals surface area contributed by atoms with Crippen molar-refractivity contribution in [2.45, 2.75) is 39.7 Å². The molecule has 0 aliphatic heterocycles. The van der Waals surface area contributed by atoms with E-state index in [1.165, 1.54) is 0 Å². The Labute approximate surface area is 122 Å². The number of aryl methyl sites for hydroxylation is 1. The summed E-state index contributed by atoms with van der Waals surface area (Å²) >= 11 is 0. The van der Waals surface area contributed by atoms with E-state index in [4.69, 9.17) is 10.5 Å². The summed E-state index contributed by atoms with van der Waals surface area (Å²) in [6, 6.07) is 6.03. The molecule has 2 N–H and O–H groups in total. The van der Waals surface area contributed by atoms with Crippen LogP contribution < -0.4 is 10.5 Å². The molecule has 0 heterocycles. The fraction of sp³-hybridized carbons (Fsp3) is 0.600. The van der Waals surface area contributed by atoms with E-state index in [0.29, 0.717) is 0 Å². The fourth-order valence-corrected chi connectivity index (χ4v) is 2.55. The Morgan fingerprint density at radius 1 is 1.30 bits per heavy atom. The molecule has 0 saturated heterocycles. The van der Waals surface area contributed by atoms with E-state index in [1.807, 2.05) is 25.1 Å². The third-order valence-electron chi connectivity index (χ3n) is 3.38. The maximum Gasteiger partial charge on any atom is 0.153 e. The molecule has 0 aliphatic carbocycles. The molecule has 0 aromatic heterocycles. The van der Waals surface area contributed by atoms with Crippen molar-refractivity contribution in [3.8, 4) is 5.75 Å². The summed E-state index contributed by atoms with van der Waals surface area (Å²) in [7, 11) is -2.99. The first kappa shape index (κ1) is 17.0. The SMILES string of the molecule is CCC(N)Cc1cccc(C)c1OCCS(=O)(=O)CC. The van der Waals surface area contributed by atoms with E-state index >= 15 is 0 Å². The van der Waals surface area contributed by atoms with Crippen molar-refractivity contribution in [3.63, 3.8) is 0 Å². The second-order valence-electron chi connectivity index (χ2n) is 5.02. The van der Waals surface area contributed by atoms with Crippen molar-refractivity contribution in [2.24, 2.45) is 5.73 Å². The topological polar surface area (TPSA) is 69.4 Å². The molecule has 0 aliphatic rings. The zero-order valence-electron chi connectivity index (χ0n) is 12.6. The normalized spacial score (nSPS) is 13.2. The Morgan fingerprint density at radius 2 is 2.00 bits per heavy atom. The van der Waals surface area contributed by atoms with Crippen LogP contribution >= 0.6 is 0 Å². The van der Waals surface area contributed by atoms with E-state index in [2.05, 4.69) is 6.92 Å². The van der Waals surface area contributed by atoms with Crippen molar-refractivity contribution < 1.29 is 13.2 Å². The average Bonchev–Trinajstić information content (AvgIpc) is 2.41. The Morgan fingerprint density at radius 3 is 2.60 bits per heavy atom. The molecule has 4 nitrogen and oxygen atoms in total. The molecule has 1 atom stereocenters. The summed E-state index contributed by atoms with van der Waals surface area (Å²) in [5.41, 5.74) is 8.05. The van der Waals surface area contributed by atoms with Crippen molar-refractivity contribution in [3.05, 3.63) is 29.3 Å². The van der Waals surface area contributed by atoms with Gasteiger partial charge in [0.1, 0.15) is 12.4 Å². The second-order valence-corrected chi connectivity index (χ2v) is 7.49.